The van der Waals surface area contributed by atoms with Crippen LogP contribution < -0.4 is 15.5 Å². The first kappa shape index (κ1) is 12.4. The predicted molar refractivity (Wildman–Crippen MR) is 65.7 cm³/mol. The fourth-order valence-electron chi connectivity index (χ4n) is 1.11. The summed E-state index contributed by atoms with van der Waals surface area (Å²) in [6.45, 7) is 1.80. The molecule has 0 saturated heterocycles. The minimum absolute atomic E-state index is 0.0677. The molecule has 0 radical (unpaired) electrons. The van der Waals surface area contributed by atoms with E-state index in [1.165, 1.54) is 0 Å². The lowest BCUT2D eigenvalue weighted by atomic mass is 10.3. The van der Waals surface area contributed by atoms with Gasteiger partial charge in [-0.1, -0.05) is 0 Å². The van der Waals surface area contributed by atoms with E-state index in [0.717, 1.165) is 5.82 Å². The van der Waals surface area contributed by atoms with Gasteiger partial charge < -0.3 is 15.5 Å². The van der Waals surface area contributed by atoms with Crippen LogP contribution in [0.3, 0.4) is 0 Å². The van der Waals surface area contributed by atoms with Gasteiger partial charge in [-0.25, -0.2) is 4.98 Å². The van der Waals surface area contributed by atoms with Gasteiger partial charge in [0.2, 0.25) is 5.91 Å². The first-order valence-electron chi connectivity index (χ1n) is 5.16. The van der Waals surface area contributed by atoms with Gasteiger partial charge >= 0.3 is 0 Å². The van der Waals surface area contributed by atoms with E-state index >= 15 is 0 Å². The quantitative estimate of drug-likeness (QED) is 0.787. The largest absolute Gasteiger partial charge is 0.363 e. The lowest BCUT2D eigenvalue weighted by Gasteiger charge is -2.13. The highest BCUT2D eigenvalue weighted by atomic mass is 16.2. The number of carbonyl (C=O) groups is 1. The first-order chi connectivity index (χ1) is 7.54. The Hall–Kier alpha value is -1.62. The van der Waals surface area contributed by atoms with Gasteiger partial charge in [-0.2, -0.15) is 0 Å². The molecule has 0 fully saturated rings. The maximum absolute atomic E-state index is 11.6. The number of nitrogens with one attached hydrogen (secondary N) is 2. The molecule has 2 N–H and O–H groups in total. The number of amides is 1. The van der Waals surface area contributed by atoms with Crippen molar-refractivity contribution in [2.45, 2.75) is 13.0 Å². The fraction of sp³-hybridized carbons (Fsp3) is 0.455. The maximum atomic E-state index is 11.6. The first-order valence-corrected chi connectivity index (χ1v) is 5.16. The van der Waals surface area contributed by atoms with Crippen LogP contribution in [0.1, 0.15) is 6.92 Å². The van der Waals surface area contributed by atoms with Gasteiger partial charge in [-0.15, -0.1) is 0 Å². The molecule has 16 heavy (non-hydrogen) atoms. The van der Waals surface area contributed by atoms with Gasteiger partial charge in [-0.3, -0.25) is 4.79 Å². The SMILES string of the molecule is CNC(C)C(=O)Nc1ccc(N(C)C)nc1. The number of anilines is 2. The summed E-state index contributed by atoms with van der Waals surface area (Å²) in [4.78, 5) is 17.7. The van der Waals surface area contributed by atoms with E-state index < -0.39 is 0 Å². The van der Waals surface area contributed by atoms with Crippen LogP contribution in [0.5, 0.6) is 0 Å². The summed E-state index contributed by atoms with van der Waals surface area (Å²) in [5, 5.41) is 5.65. The summed E-state index contributed by atoms with van der Waals surface area (Å²) < 4.78 is 0. The minimum atomic E-state index is -0.214. The second-order valence-electron chi connectivity index (χ2n) is 3.80. The lowest BCUT2D eigenvalue weighted by molar-refractivity contribution is -0.117. The van der Waals surface area contributed by atoms with Crippen LogP contribution in [-0.4, -0.2) is 38.1 Å². The summed E-state index contributed by atoms with van der Waals surface area (Å²) in [5.74, 6) is 0.793. The molecular formula is C11H18N4O. The van der Waals surface area contributed by atoms with E-state index in [4.69, 9.17) is 0 Å². The average Bonchev–Trinajstić information content (AvgIpc) is 2.28. The number of pyridine rings is 1. The molecule has 88 valence electrons. The van der Waals surface area contributed by atoms with E-state index in [9.17, 15) is 4.79 Å². The number of carbonyl (C=O) groups excluding carboxylic acids is 1. The molecule has 0 aliphatic heterocycles. The summed E-state index contributed by atoms with van der Waals surface area (Å²) in [7, 11) is 5.59. The molecule has 0 aliphatic carbocycles. The van der Waals surface area contributed by atoms with Gasteiger partial charge in [0.05, 0.1) is 17.9 Å². The zero-order chi connectivity index (χ0) is 12.1. The van der Waals surface area contributed by atoms with Gasteiger partial charge in [0, 0.05) is 14.1 Å². The molecule has 0 aromatic carbocycles. The zero-order valence-electron chi connectivity index (χ0n) is 10.1. The summed E-state index contributed by atoms with van der Waals surface area (Å²) >= 11 is 0. The zero-order valence-corrected chi connectivity index (χ0v) is 10.1. The van der Waals surface area contributed by atoms with Crippen molar-refractivity contribution in [2.24, 2.45) is 0 Å². The number of nitrogens with zero attached hydrogens (tertiary/aromatic N) is 2. The van der Waals surface area contributed by atoms with E-state index in [1.54, 1.807) is 20.2 Å². The topological polar surface area (TPSA) is 57.3 Å². The molecule has 5 nitrogen and oxygen atoms in total. The van der Waals surface area contributed by atoms with Crippen LogP contribution >= 0.6 is 0 Å². The highest BCUT2D eigenvalue weighted by Gasteiger charge is 2.10. The number of hydrogen-bond acceptors (Lipinski definition) is 4. The van der Waals surface area contributed by atoms with Crippen molar-refractivity contribution in [1.29, 1.82) is 0 Å². The third-order valence-electron chi connectivity index (χ3n) is 2.30. The van der Waals surface area contributed by atoms with Crippen molar-refractivity contribution in [2.75, 3.05) is 31.4 Å². The number of likely N-dealkylation sites (N-methyl/N-ethyl adjacent to an activating group) is 1. The van der Waals surface area contributed by atoms with Crippen LogP contribution in [0.2, 0.25) is 0 Å². The summed E-state index contributed by atoms with van der Waals surface area (Å²) in [6.07, 6.45) is 1.65. The second kappa shape index (κ2) is 5.46. The molecule has 1 atom stereocenters. The van der Waals surface area contributed by atoms with E-state index in [2.05, 4.69) is 15.6 Å². The molecule has 0 spiro atoms. The Morgan fingerprint density at radius 2 is 2.12 bits per heavy atom. The molecule has 1 amide bonds. The molecule has 1 aromatic heterocycles. The van der Waals surface area contributed by atoms with Gasteiger partial charge in [0.1, 0.15) is 5.82 Å². The van der Waals surface area contributed by atoms with Crippen molar-refractivity contribution in [1.82, 2.24) is 10.3 Å². The number of aromatic nitrogens is 1. The average molecular weight is 222 g/mol. The van der Waals surface area contributed by atoms with Crippen LogP contribution in [0.25, 0.3) is 0 Å². The third kappa shape index (κ3) is 3.20. The highest BCUT2D eigenvalue weighted by molar-refractivity contribution is 5.94. The molecule has 1 unspecified atom stereocenters. The van der Waals surface area contributed by atoms with Gasteiger partial charge in [0.15, 0.2) is 0 Å². The van der Waals surface area contributed by atoms with Crippen LogP contribution in [0.15, 0.2) is 18.3 Å². The van der Waals surface area contributed by atoms with Gasteiger partial charge in [-0.05, 0) is 26.1 Å². The van der Waals surface area contributed by atoms with Crippen molar-refractivity contribution in [3.05, 3.63) is 18.3 Å². The van der Waals surface area contributed by atoms with Crippen LogP contribution in [0, 0.1) is 0 Å². The molecule has 1 rings (SSSR count). The Morgan fingerprint density at radius 3 is 2.56 bits per heavy atom. The Labute approximate surface area is 95.9 Å². The summed E-state index contributed by atoms with van der Waals surface area (Å²) in [5.41, 5.74) is 0.706. The van der Waals surface area contributed by atoms with Crippen LogP contribution in [0.4, 0.5) is 11.5 Å². The Balaban J connectivity index is 2.65. The number of hydrogen-bond donors (Lipinski definition) is 2. The van der Waals surface area contributed by atoms with Gasteiger partial charge in [0.25, 0.3) is 0 Å². The Kier molecular flexibility index (Phi) is 4.25. The van der Waals surface area contributed by atoms with E-state index in [-0.39, 0.29) is 11.9 Å². The molecule has 1 aromatic rings. The Morgan fingerprint density at radius 1 is 1.44 bits per heavy atom. The smallest absolute Gasteiger partial charge is 0.241 e. The number of rotatable bonds is 4. The Bertz CT molecular complexity index is 348. The molecule has 5 heteroatoms. The molecule has 1 heterocycles. The van der Waals surface area contributed by atoms with Crippen molar-refractivity contribution in [3.8, 4) is 0 Å². The van der Waals surface area contributed by atoms with Crippen LogP contribution in [-0.2, 0) is 4.79 Å². The lowest BCUT2D eigenvalue weighted by Crippen LogP contribution is -2.35. The normalized spacial score (nSPS) is 12.0. The minimum Gasteiger partial charge on any atom is -0.363 e. The molecular weight excluding hydrogens is 204 g/mol. The fourth-order valence-corrected chi connectivity index (χ4v) is 1.11. The van der Waals surface area contributed by atoms with E-state index in [1.807, 2.05) is 31.1 Å². The molecule has 0 saturated carbocycles. The van der Waals surface area contributed by atoms with Crippen molar-refractivity contribution >= 4 is 17.4 Å². The van der Waals surface area contributed by atoms with Crippen molar-refractivity contribution < 1.29 is 4.79 Å². The van der Waals surface area contributed by atoms with Crippen molar-refractivity contribution in [3.63, 3.8) is 0 Å². The maximum Gasteiger partial charge on any atom is 0.241 e. The standard InChI is InChI=1S/C11H18N4O/c1-8(12-2)11(16)14-9-5-6-10(13-7-9)15(3)4/h5-8,12H,1-4H3,(H,14,16). The highest BCUT2D eigenvalue weighted by Crippen LogP contribution is 2.11. The second-order valence-corrected chi connectivity index (χ2v) is 3.80. The molecule has 0 aliphatic rings. The predicted octanol–water partition coefficient (Wildman–Crippen LogP) is 0.694. The summed E-state index contributed by atoms with van der Waals surface area (Å²) in [6, 6.07) is 3.48. The van der Waals surface area contributed by atoms with E-state index in [0.29, 0.717) is 5.69 Å². The molecule has 0 bridgehead atoms. The third-order valence-corrected chi connectivity index (χ3v) is 2.30. The monoisotopic (exact) mass is 222 g/mol.